The fourth-order valence-corrected chi connectivity index (χ4v) is 7.82. The van der Waals surface area contributed by atoms with Gasteiger partial charge < -0.3 is 9.13 Å². The van der Waals surface area contributed by atoms with E-state index in [-0.39, 0.29) is 0 Å². The van der Waals surface area contributed by atoms with Crippen molar-refractivity contribution in [2.75, 3.05) is 0 Å². The summed E-state index contributed by atoms with van der Waals surface area (Å²) in [6, 6.07) is 70.3. The predicted octanol–water partition coefficient (Wildman–Crippen LogP) is 12.9. The second kappa shape index (κ2) is 11.5. The van der Waals surface area contributed by atoms with Crippen LogP contribution < -0.4 is 0 Å². The van der Waals surface area contributed by atoms with Crippen LogP contribution in [-0.2, 0) is 0 Å². The van der Waals surface area contributed by atoms with E-state index < -0.39 is 0 Å². The average Bonchev–Trinajstić information content (AvgIpc) is 3.72. The highest BCUT2D eigenvalue weighted by atomic mass is 15.0. The molecule has 0 saturated heterocycles. The molecule has 10 rings (SSSR count). The molecule has 0 amide bonds. The highest BCUT2D eigenvalue weighted by Crippen LogP contribution is 2.42. The number of hydrogen-bond donors (Lipinski definition) is 0. The Kier molecular flexibility index (Phi) is 6.53. The van der Waals surface area contributed by atoms with E-state index in [0.717, 1.165) is 5.69 Å². The average molecular weight is 637 g/mol. The van der Waals surface area contributed by atoms with Gasteiger partial charge >= 0.3 is 0 Å². The minimum absolute atomic E-state index is 1.14. The van der Waals surface area contributed by atoms with Gasteiger partial charge in [0.05, 0.1) is 22.1 Å². The van der Waals surface area contributed by atoms with Crippen LogP contribution >= 0.6 is 0 Å². The summed E-state index contributed by atoms with van der Waals surface area (Å²) in [4.78, 5) is 0. The Morgan fingerprint density at radius 3 is 1.32 bits per heavy atom. The van der Waals surface area contributed by atoms with Gasteiger partial charge in [-0.3, -0.25) is 0 Å². The molecule has 2 aromatic heterocycles. The van der Waals surface area contributed by atoms with E-state index >= 15 is 0 Å². The quantitative estimate of drug-likeness (QED) is 0.178. The third-order valence-corrected chi connectivity index (χ3v) is 10.1. The predicted molar refractivity (Wildman–Crippen MR) is 211 cm³/mol. The van der Waals surface area contributed by atoms with Crippen molar-refractivity contribution in [3.05, 3.63) is 194 Å². The van der Waals surface area contributed by atoms with Crippen LogP contribution in [0.4, 0.5) is 0 Å². The molecular formula is C48H32N2. The second-order valence-corrected chi connectivity index (χ2v) is 13.0. The van der Waals surface area contributed by atoms with E-state index in [1.807, 2.05) is 0 Å². The van der Waals surface area contributed by atoms with Crippen LogP contribution in [0.15, 0.2) is 194 Å². The molecule has 10 aromatic rings. The van der Waals surface area contributed by atoms with Gasteiger partial charge in [-0.2, -0.15) is 0 Å². The first-order valence-electron chi connectivity index (χ1n) is 17.2. The molecular weight excluding hydrogens is 605 g/mol. The molecule has 0 unspecified atom stereocenters. The summed E-state index contributed by atoms with van der Waals surface area (Å²) in [5.74, 6) is 0. The summed E-state index contributed by atoms with van der Waals surface area (Å²) in [6.45, 7) is 0. The van der Waals surface area contributed by atoms with Crippen molar-refractivity contribution < 1.29 is 0 Å². The maximum Gasteiger partial charge on any atom is 0.0641 e. The van der Waals surface area contributed by atoms with Gasteiger partial charge in [-0.15, -0.1) is 0 Å². The van der Waals surface area contributed by atoms with Crippen LogP contribution in [0.5, 0.6) is 0 Å². The zero-order chi connectivity index (χ0) is 33.0. The van der Waals surface area contributed by atoms with Crippen molar-refractivity contribution in [1.82, 2.24) is 9.13 Å². The largest absolute Gasteiger partial charge is 0.309 e. The molecule has 2 heteroatoms. The minimum Gasteiger partial charge on any atom is -0.309 e. The molecule has 50 heavy (non-hydrogen) atoms. The first kappa shape index (κ1) is 28.4. The van der Waals surface area contributed by atoms with Crippen LogP contribution in [0.2, 0.25) is 0 Å². The summed E-state index contributed by atoms with van der Waals surface area (Å²) in [5, 5.41) is 5.05. The summed E-state index contributed by atoms with van der Waals surface area (Å²) in [7, 11) is 0. The highest BCUT2D eigenvalue weighted by molar-refractivity contribution is 6.26. The molecule has 0 radical (unpaired) electrons. The topological polar surface area (TPSA) is 9.86 Å². The van der Waals surface area contributed by atoms with Gasteiger partial charge in [-0.05, 0) is 94.0 Å². The maximum absolute atomic E-state index is 2.44. The minimum atomic E-state index is 1.14. The Morgan fingerprint density at radius 1 is 0.260 bits per heavy atom. The number of fused-ring (bicyclic) bond motifs is 7. The lowest BCUT2D eigenvalue weighted by atomic mass is 9.93. The molecule has 0 bridgehead atoms. The Bertz CT molecular complexity index is 2770. The Balaban J connectivity index is 1.18. The normalized spacial score (nSPS) is 11.6. The van der Waals surface area contributed by atoms with Crippen LogP contribution in [-0.4, -0.2) is 9.13 Å². The van der Waals surface area contributed by atoms with E-state index in [2.05, 4.69) is 203 Å². The van der Waals surface area contributed by atoms with E-state index in [9.17, 15) is 0 Å². The van der Waals surface area contributed by atoms with Crippen molar-refractivity contribution in [3.8, 4) is 44.8 Å². The summed E-state index contributed by atoms with van der Waals surface area (Å²) < 4.78 is 4.87. The van der Waals surface area contributed by atoms with Gasteiger partial charge in [-0.25, -0.2) is 0 Å². The smallest absolute Gasteiger partial charge is 0.0641 e. The number of rotatable bonds is 5. The third-order valence-electron chi connectivity index (χ3n) is 10.1. The van der Waals surface area contributed by atoms with Crippen molar-refractivity contribution >= 4 is 43.6 Å². The molecule has 2 heterocycles. The Labute approximate surface area is 290 Å². The lowest BCUT2D eigenvalue weighted by Gasteiger charge is -2.13. The van der Waals surface area contributed by atoms with Crippen molar-refractivity contribution in [2.24, 2.45) is 0 Å². The molecule has 0 N–H and O–H groups in total. The molecule has 8 aromatic carbocycles. The van der Waals surface area contributed by atoms with Gasteiger partial charge in [0, 0.05) is 32.9 Å². The molecule has 0 aliphatic carbocycles. The zero-order valence-electron chi connectivity index (χ0n) is 27.4. The highest BCUT2D eigenvalue weighted by Gasteiger charge is 2.20. The monoisotopic (exact) mass is 636 g/mol. The molecule has 0 aliphatic heterocycles. The lowest BCUT2D eigenvalue weighted by Crippen LogP contribution is -1.95. The maximum atomic E-state index is 2.44. The lowest BCUT2D eigenvalue weighted by molar-refractivity contribution is 1.17. The van der Waals surface area contributed by atoms with Gasteiger partial charge in [0.1, 0.15) is 0 Å². The van der Waals surface area contributed by atoms with Crippen LogP contribution in [0.3, 0.4) is 0 Å². The fraction of sp³-hybridized carbons (Fsp3) is 0. The number of nitrogens with zero attached hydrogens (tertiary/aromatic N) is 2. The number of hydrogen-bond acceptors (Lipinski definition) is 0. The van der Waals surface area contributed by atoms with E-state index in [1.165, 1.54) is 82.7 Å². The standard InChI is InChI=1S/C48H32N2/c1-4-14-33(15-5-1)36-30-37(34-16-6-2-7-17-34)32-38(31-36)35-24-26-40(27-25-35)49-45-23-13-11-21-43(45)47-46(49)29-28-42-41-20-10-12-22-44(41)50(48(42)47)39-18-8-3-9-19-39/h1-32H. The molecule has 0 saturated carbocycles. The summed E-state index contributed by atoms with van der Waals surface area (Å²) in [5.41, 5.74) is 14.4. The fourth-order valence-electron chi connectivity index (χ4n) is 7.82. The van der Waals surface area contributed by atoms with Crippen LogP contribution in [0.25, 0.3) is 88.4 Å². The second-order valence-electron chi connectivity index (χ2n) is 13.0. The van der Waals surface area contributed by atoms with Gasteiger partial charge in [-0.1, -0.05) is 133 Å². The van der Waals surface area contributed by atoms with Crippen molar-refractivity contribution in [1.29, 1.82) is 0 Å². The van der Waals surface area contributed by atoms with Crippen LogP contribution in [0.1, 0.15) is 0 Å². The molecule has 0 aliphatic rings. The molecule has 0 fully saturated rings. The van der Waals surface area contributed by atoms with Crippen molar-refractivity contribution in [3.63, 3.8) is 0 Å². The molecule has 0 atom stereocenters. The first-order valence-corrected chi connectivity index (χ1v) is 17.2. The molecule has 234 valence electrons. The number of aromatic nitrogens is 2. The first-order chi connectivity index (χ1) is 24.8. The number of para-hydroxylation sites is 3. The van der Waals surface area contributed by atoms with E-state index in [0.29, 0.717) is 0 Å². The van der Waals surface area contributed by atoms with Gasteiger partial charge in [0.2, 0.25) is 0 Å². The molecule has 2 nitrogen and oxygen atoms in total. The zero-order valence-corrected chi connectivity index (χ0v) is 27.4. The van der Waals surface area contributed by atoms with Gasteiger partial charge in [0.15, 0.2) is 0 Å². The van der Waals surface area contributed by atoms with Crippen LogP contribution in [0, 0.1) is 0 Å². The van der Waals surface area contributed by atoms with E-state index in [4.69, 9.17) is 0 Å². The Morgan fingerprint density at radius 2 is 0.720 bits per heavy atom. The SMILES string of the molecule is c1ccc(-c2cc(-c3ccccc3)cc(-c3ccc(-n4c5ccccc5c5c4ccc4c6ccccc6n(-c6ccccc6)c45)cc3)c2)cc1. The van der Waals surface area contributed by atoms with Crippen molar-refractivity contribution in [2.45, 2.75) is 0 Å². The number of benzene rings is 8. The summed E-state index contributed by atoms with van der Waals surface area (Å²) >= 11 is 0. The Hall–Kier alpha value is -6.64. The van der Waals surface area contributed by atoms with Gasteiger partial charge in [0.25, 0.3) is 0 Å². The third kappa shape index (κ3) is 4.50. The molecule has 0 spiro atoms. The summed E-state index contributed by atoms with van der Waals surface area (Å²) in [6.07, 6.45) is 0. The van der Waals surface area contributed by atoms with E-state index in [1.54, 1.807) is 0 Å².